The third-order valence-corrected chi connectivity index (χ3v) is 4.72. The normalized spacial score (nSPS) is 12.0. The van der Waals surface area contributed by atoms with E-state index in [2.05, 4.69) is 51.6 Å². The van der Waals surface area contributed by atoms with Gasteiger partial charge in [0.25, 0.3) is 0 Å². The van der Waals surface area contributed by atoms with Crippen LogP contribution in [0.3, 0.4) is 0 Å². The van der Waals surface area contributed by atoms with E-state index < -0.39 is 5.60 Å². The van der Waals surface area contributed by atoms with Crippen LogP contribution in [0.4, 0.5) is 0 Å². The van der Waals surface area contributed by atoms with E-state index >= 15 is 0 Å². The predicted octanol–water partition coefficient (Wildman–Crippen LogP) is 4.44. The molecule has 0 saturated carbocycles. The Morgan fingerprint density at radius 1 is 1.15 bits per heavy atom. The molecule has 0 fully saturated rings. The molecule has 0 aliphatic rings. The quantitative estimate of drug-likeness (QED) is 0.443. The van der Waals surface area contributed by atoms with Gasteiger partial charge in [-0.15, -0.1) is 0 Å². The Morgan fingerprint density at radius 2 is 1.89 bits per heavy atom. The molecule has 138 valence electrons. The number of rotatable bonds is 4. The van der Waals surface area contributed by atoms with E-state index in [4.69, 9.17) is 9.52 Å². The summed E-state index contributed by atoms with van der Waals surface area (Å²) in [4.78, 5) is 8.73. The number of furan rings is 1. The van der Waals surface area contributed by atoms with E-state index in [1.165, 1.54) is 11.9 Å². The summed E-state index contributed by atoms with van der Waals surface area (Å²) < 4.78 is 8.17. The summed E-state index contributed by atoms with van der Waals surface area (Å²) in [6, 6.07) is 10.1. The van der Waals surface area contributed by atoms with Gasteiger partial charge in [-0.3, -0.25) is 4.68 Å². The lowest BCUT2D eigenvalue weighted by Crippen LogP contribution is -2.26. The van der Waals surface area contributed by atoms with Gasteiger partial charge in [0.05, 0.1) is 23.2 Å². The first-order valence-electron chi connectivity index (χ1n) is 8.57. The highest BCUT2D eigenvalue weighted by Crippen LogP contribution is 2.35. The van der Waals surface area contributed by atoms with Crippen LogP contribution < -0.4 is 0 Å². The Labute approximate surface area is 170 Å². The fourth-order valence-corrected chi connectivity index (χ4v) is 3.56. The van der Waals surface area contributed by atoms with Gasteiger partial charge in [-0.05, 0) is 43.4 Å². The lowest BCUT2D eigenvalue weighted by molar-refractivity contribution is 0.0578. The molecule has 0 radical (unpaired) electrons. The molecule has 6 nitrogen and oxygen atoms in total. The van der Waals surface area contributed by atoms with Crippen LogP contribution in [0, 0.1) is 10.7 Å². The second kappa shape index (κ2) is 6.72. The fraction of sp³-hybridized carbons (Fsp3) is 0.250. The summed E-state index contributed by atoms with van der Waals surface area (Å²) in [7, 11) is 0. The SMILES string of the molecule is Cc1ccc(-c2nn(CC(C)(C)O)cc2-c2ncnc3oc(I)cc23)cc1. The van der Waals surface area contributed by atoms with E-state index in [0.29, 0.717) is 12.3 Å². The number of benzene rings is 1. The molecule has 0 saturated heterocycles. The first-order valence-corrected chi connectivity index (χ1v) is 9.65. The van der Waals surface area contributed by atoms with Crippen molar-refractivity contribution in [2.24, 2.45) is 0 Å². The van der Waals surface area contributed by atoms with Gasteiger partial charge >= 0.3 is 0 Å². The van der Waals surface area contributed by atoms with E-state index in [1.807, 2.05) is 24.4 Å². The predicted molar refractivity (Wildman–Crippen MR) is 112 cm³/mol. The van der Waals surface area contributed by atoms with Crippen molar-refractivity contribution in [2.45, 2.75) is 32.9 Å². The number of hydrogen-bond donors (Lipinski definition) is 1. The van der Waals surface area contributed by atoms with Gasteiger partial charge in [0, 0.05) is 23.4 Å². The third-order valence-electron chi connectivity index (χ3n) is 4.19. The van der Waals surface area contributed by atoms with Crippen LogP contribution in [0.5, 0.6) is 0 Å². The number of aromatic nitrogens is 4. The third kappa shape index (κ3) is 3.74. The van der Waals surface area contributed by atoms with Crippen LogP contribution in [0.2, 0.25) is 0 Å². The zero-order valence-corrected chi connectivity index (χ0v) is 17.4. The second-order valence-corrected chi connectivity index (χ2v) is 8.32. The maximum absolute atomic E-state index is 10.2. The molecule has 27 heavy (non-hydrogen) atoms. The largest absolute Gasteiger partial charge is 0.432 e. The summed E-state index contributed by atoms with van der Waals surface area (Å²) in [5.74, 6) is 0. The van der Waals surface area contributed by atoms with Crippen LogP contribution in [0.1, 0.15) is 19.4 Å². The smallest absolute Gasteiger partial charge is 0.231 e. The van der Waals surface area contributed by atoms with Crippen LogP contribution in [-0.4, -0.2) is 30.5 Å². The number of hydrogen-bond acceptors (Lipinski definition) is 5. The topological polar surface area (TPSA) is 77.0 Å². The molecule has 0 unspecified atom stereocenters. The van der Waals surface area contributed by atoms with Crippen LogP contribution in [0.25, 0.3) is 33.6 Å². The van der Waals surface area contributed by atoms with Gasteiger partial charge in [-0.2, -0.15) is 5.10 Å². The molecule has 4 aromatic rings. The Hall–Kier alpha value is -2.26. The summed E-state index contributed by atoms with van der Waals surface area (Å²) in [6.07, 6.45) is 3.43. The zero-order chi connectivity index (χ0) is 19.2. The molecule has 1 aromatic carbocycles. The zero-order valence-electron chi connectivity index (χ0n) is 15.3. The summed E-state index contributed by atoms with van der Waals surface area (Å²) in [5, 5.41) is 15.8. The van der Waals surface area contributed by atoms with Gasteiger partial charge in [0.1, 0.15) is 12.0 Å². The fourth-order valence-electron chi connectivity index (χ4n) is 3.04. The van der Waals surface area contributed by atoms with Gasteiger partial charge < -0.3 is 9.52 Å². The van der Waals surface area contributed by atoms with Crippen LogP contribution in [-0.2, 0) is 6.54 Å². The number of halogens is 1. The Kier molecular flexibility index (Phi) is 4.51. The molecule has 0 bridgehead atoms. The van der Waals surface area contributed by atoms with Gasteiger partial charge in [-0.1, -0.05) is 29.8 Å². The number of nitrogens with zero attached hydrogens (tertiary/aromatic N) is 4. The molecule has 0 aliphatic carbocycles. The summed E-state index contributed by atoms with van der Waals surface area (Å²) in [6.45, 7) is 5.96. The lowest BCUT2D eigenvalue weighted by Gasteiger charge is -2.16. The average molecular weight is 474 g/mol. The van der Waals surface area contributed by atoms with Crippen molar-refractivity contribution in [3.63, 3.8) is 0 Å². The van der Waals surface area contributed by atoms with E-state index in [-0.39, 0.29) is 0 Å². The van der Waals surface area contributed by atoms with E-state index in [1.54, 1.807) is 18.5 Å². The van der Waals surface area contributed by atoms with Crippen molar-refractivity contribution in [1.82, 2.24) is 19.7 Å². The van der Waals surface area contributed by atoms with Gasteiger partial charge in [-0.25, -0.2) is 9.97 Å². The monoisotopic (exact) mass is 474 g/mol. The average Bonchev–Trinajstić information content (AvgIpc) is 3.16. The highest BCUT2D eigenvalue weighted by atomic mass is 127. The molecular formula is C20H19IN4O2. The van der Waals surface area contributed by atoms with Crippen molar-refractivity contribution in [1.29, 1.82) is 0 Å². The van der Waals surface area contributed by atoms with Crippen molar-refractivity contribution in [2.75, 3.05) is 0 Å². The Morgan fingerprint density at radius 3 is 2.59 bits per heavy atom. The molecule has 1 N–H and O–H groups in total. The van der Waals surface area contributed by atoms with E-state index in [0.717, 1.165) is 31.7 Å². The molecule has 3 heterocycles. The molecule has 0 aliphatic heterocycles. The molecule has 7 heteroatoms. The Bertz CT molecular complexity index is 1110. The maximum Gasteiger partial charge on any atom is 0.231 e. The molecule has 0 atom stereocenters. The number of aliphatic hydroxyl groups is 1. The molecule has 3 aromatic heterocycles. The van der Waals surface area contributed by atoms with Crippen molar-refractivity contribution >= 4 is 33.7 Å². The van der Waals surface area contributed by atoms with Crippen molar-refractivity contribution in [3.8, 4) is 22.5 Å². The minimum absolute atomic E-state index is 0.378. The highest BCUT2D eigenvalue weighted by molar-refractivity contribution is 14.1. The van der Waals surface area contributed by atoms with Crippen molar-refractivity contribution in [3.05, 3.63) is 52.2 Å². The first-order chi connectivity index (χ1) is 12.8. The number of aryl methyl sites for hydroxylation is 1. The number of fused-ring (bicyclic) bond motifs is 1. The highest BCUT2D eigenvalue weighted by Gasteiger charge is 2.21. The minimum atomic E-state index is -0.875. The van der Waals surface area contributed by atoms with Crippen LogP contribution >= 0.6 is 22.6 Å². The summed E-state index contributed by atoms with van der Waals surface area (Å²) >= 11 is 2.13. The molecular weight excluding hydrogens is 455 g/mol. The first kappa shape index (κ1) is 18.1. The molecule has 0 spiro atoms. The minimum Gasteiger partial charge on any atom is -0.432 e. The van der Waals surface area contributed by atoms with Gasteiger partial charge in [0.15, 0.2) is 3.77 Å². The molecule has 4 rings (SSSR count). The molecule has 0 amide bonds. The maximum atomic E-state index is 10.2. The van der Waals surface area contributed by atoms with Crippen LogP contribution in [0.15, 0.2) is 47.3 Å². The Balaban J connectivity index is 1.93. The van der Waals surface area contributed by atoms with Crippen molar-refractivity contribution < 1.29 is 9.52 Å². The van der Waals surface area contributed by atoms with E-state index in [9.17, 15) is 5.11 Å². The lowest BCUT2D eigenvalue weighted by atomic mass is 10.0. The summed E-state index contributed by atoms with van der Waals surface area (Å²) in [5.41, 5.74) is 4.32. The standard InChI is InChI=1S/C20H19IN4O2/c1-12-4-6-13(7-5-12)17-15(9-25(24-17)10-20(2,3)26)18-14-8-16(21)27-19(14)23-11-22-18/h4-9,11,26H,10H2,1-3H3. The van der Waals surface area contributed by atoms with Gasteiger partial charge in [0.2, 0.25) is 5.71 Å². The second-order valence-electron chi connectivity index (χ2n) is 7.26.